The van der Waals surface area contributed by atoms with Gasteiger partial charge in [0.15, 0.2) is 0 Å². The van der Waals surface area contributed by atoms with Gasteiger partial charge in [0.2, 0.25) is 0 Å². The summed E-state index contributed by atoms with van der Waals surface area (Å²) < 4.78 is 36.3. The highest BCUT2D eigenvalue weighted by molar-refractivity contribution is 9.10. The van der Waals surface area contributed by atoms with Crippen molar-refractivity contribution in [3.63, 3.8) is 0 Å². The van der Waals surface area contributed by atoms with Crippen LogP contribution >= 0.6 is 15.9 Å². The molecule has 5 aromatic carbocycles. The van der Waals surface area contributed by atoms with Crippen LogP contribution in [0.3, 0.4) is 0 Å². The van der Waals surface area contributed by atoms with Gasteiger partial charge in [-0.05, 0) is 91.7 Å². The van der Waals surface area contributed by atoms with Gasteiger partial charge in [-0.3, -0.25) is 14.4 Å². The first-order valence-electron chi connectivity index (χ1n) is 14.6. The Labute approximate surface area is 272 Å². The summed E-state index contributed by atoms with van der Waals surface area (Å²) in [5.41, 5.74) is 5.01. The van der Waals surface area contributed by atoms with Gasteiger partial charge in [-0.25, -0.2) is 8.42 Å². The van der Waals surface area contributed by atoms with Crippen LogP contribution < -0.4 is 19.3 Å². The molecular weight excluding hydrogens is 650 g/mol. The van der Waals surface area contributed by atoms with Crippen molar-refractivity contribution in [3.05, 3.63) is 148 Å². The third kappa shape index (κ3) is 6.45. The van der Waals surface area contributed by atoms with Crippen molar-refractivity contribution >= 4 is 48.9 Å². The zero-order valence-corrected chi connectivity index (χ0v) is 27.3. The SMILES string of the molecule is CCOc1ccc(N2C(=O)c3cc(S(=O)(=O)Nc4ccc(C)cc4)ccc3N(Cc3ccccc3)[C@H]2c2ccc(Br)cc2)cc1. The van der Waals surface area contributed by atoms with Gasteiger partial charge < -0.3 is 9.64 Å². The molecular formula is C36H32BrN3O4S. The summed E-state index contributed by atoms with van der Waals surface area (Å²) in [7, 11) is -3.98. The van der Waals surface area contributed by atoms with Crippen molar-refractivity contribution in [2.75, 3.05) is 21.1 Å². The lowest BCUT2D eigenvalue weighted by Gasteiger charge is -2.46. The van der Waals surface area contributed by atoms with Crippen LogP contribution in [-0.4, -0.2) is 20.9 Å². The number of sulfonamides is 1. The lowest BCUT2D eigenvalue weighted by molar-refractivity contribution is 0.0968. The van der Waals surface area contributed by atoms with Crippen molar-refractivity contribution in [1.29, 1.82) is 0 Å². The fourth-order valence-corrected chi connectivity index (χ4v) is 6.84. The number of hydrogen-bond donors (Lipinski definition) is 1. The van der Waals surface area contributed by atoms with E-state index in [9.17, 15) is 13.2 Å². The average Bonchev–Trinajstić information content (AvgIpc) is 3.05. The van der Waals surface area contributed by atoms with Crippen LogP contribution in [0.4, 0.5) is 17.1 Å². The third-order valence-corrected chi connectivity index (χ3v) is 9.58. The Morgan fingerprint density at radius 2 is 1.53 bits per heavy atom. The second-order valence-electron chi connectivity index (χ2n) is 10.8. The summed E-state index contributed by atoms with van der Waals surface area (Å²) in [5, 5.41) is 0. The third-order valence-electron chi connectivity index (χ3n) is 7.67. The normalized spacial score (nSPS) is 14.6. The van der Waals surface area contributed by atoms with Crippen LogP contribution in [0.1, 0.15) is 40.1 Å². The summed E-state index contributed by atoms with van der Waals surface area (Å²) in [6.45, 7) is 4.86. The number of ether oxygens (including phenoxy) is 1. The molecule has 1 heterocycles. The summed E-state index contributed by atoms with van der Waals surface area (Å²) in [6, 6.07) is 37.2. The van der Waals surface area contributed by atoms with E-state index >= 15 is 0 Å². The number of nitrogens with one attached hydrogen (secondary N) is 1. The number of benzene rings is 5. The van der Waals surface area contributed by atoms with Gasteiger partial charge in [0.05, 0.1) is 22.8 Å². The van der Waals surface area contributed by atoms with Gasteiger partial charge in [0.1, 0.15) is 11.9 Å². The molecule has 1 aliphatic heterocycles. The van der Waals surface area contributed by atoms with Crippen LogP contribution in [0, 0.1) is 6.92 Å². The Hall–Kier alpha value is -4.60. The van der Waals surface area contributed by atoms with E-state index in [2.05, 4.69) is 25.6 Å². The number of anilines is 3. The summed E-state index contributed by atoms with van der Waals surface area (Å²) in [4.78, 5) is 18.5. The molecule has 0 aromatic heterocycles. The topological polar surface area (TPSA) is 78.9 Å². The quantitative estimate of drug-likeness (QED) is 0.169. The highest BCUT2D eigenvalue weighted by Gasteiger charge is 2.40. The predicted octanol–water partition coefficient (Wildman–Crippen LogP) is 8.32. The Kier molecular flexibility index (Phi) is 8.65. The summed E-state index contributed by atoms with van der Waals surface area (Å²) >= 11 is 3.54. The summed E-state index contributed by atoms with van der Waals surface area (Å²) in [6.07, 6.45) is -0.524. The van der Waals surface area contributed by atoms with Crippen molar-refractivity contribution in [2.45, 2.75) is 31.5 Å². The molecule has 0 bridgehead atoms. The minimum absolute atomic E-state index is 0.00331. The van der Waals surface area contributed by atoms with Gasteiger partial charge in [-0.15, -0.1) is 0 Å². The van der Waals surface area contributed by atoms with Gasteiger partial charge in [-0.1, -0.05) is 76.1 Å². The molecule has 0 aliphatic carbocycles. The minimum Gasteiger partial charge on any atom is -0.494 e. The van der Waals surface area contributed by atoms with Gasteiger partial charge in [0, 0.05) is 22.4 Å². The molecule has 0 saturated carbocycles. The number of hydrogen-bond acceptors (Lipinski definition) is 5. The monoisotopic (exact) mass is 681 g/mol. The van der Waals surface area contributed by atoms with E-state index in [1.54, 1.807) is 29.2 Å². The van der Waals surface area contributed by atoms with E-state index in [4.69, 9.17) is 4.74 Å². The molecule has 9 heteroatoms. The molecule has 1 aliphatic rings. The van der Waals surface area contributed by atoms with Crippen LogP contribution in [0.25, 0.3) is 0 Å². The zero-order chi connectivity index (χ0) is 31.6. The zero-order valence-electron chi connectivity index (χ0n) is 24.9. The Morgan fingerprint density at radius 3 is 2.20 bits per heavy atom. The first-order chi connectivity index (χ1) is 21.7. The molecule has 0 radical (unpaired) electrons. The van der Waals surface area contributed by atoms with Gasteiger partial charge >= 0.3 is 0 Å². The molecule has 45 heavy (non-hydrogen) atoms. The second-order valence-corrected chi connectivity index (χ2v) is 13.4. The fourth-order valence-electron chi connectivity index (χ4n) is 5.50. The molecule has 5 aromatic rings. The van der Waals surface area contributed by atoms with Crippen molar-refractivity contribution < 1.29 is 17.9 Å². The number of halogens is 1. The molecule has 0 saturated heterocycles. The summed E-state index contributed by atoms with van der Waals surface area (Å²) in [5.74, 6) is 0.391. The van der Waals surface area contributed by atoms with Crippen LogP contribution in [-0.2, 0) is 16.6 Å². The number of nitrogens with zero attached hydrogens (tertiary/aromatic N) is 2. The Morgan fingerprint density at radius 1 is 0.844 bits per heavy atom. The van der Waals surface area contributed by atoms with Gasteiger partial charge in [-0.2, -0.15) is 0 Å². The molecule has 0 spiro atoms. The molecule has 1 atom stereocenters. The molecule has 6 rings (SSSR count). The van der Waals surface area contributed by atoms with Crippen molar-refractivity contribution in [1.82, 2.24) is 0 Å². The van der Waals surface area contributed by atoms with Crippen LogP contribution in [0.15, 0.2) is 131 Å². The molecule has 1 amide bonds. The van der Waals surface area contributed by atoms with Crippen LogP contribution in [0.2, 0.25) is 0 Å². The smallest absolute Gasteiger partial charge is 0.262 e. The molecule has 7 nitrogen and oxygen atoms in total. The van der Waals surface area contributed by atoms with E-state index < -0.39 is 16.2 Å². The second kappa shape index (κ2) is 12.8. The lowest BCUT2D eigenvalue weighted by Crippen LogP contribution is -2.49. The van der Waals surface area contributed by atoms with E-state index in [1.165, 1.54) is 6.07 Å². The first-order valence-corrected chi connectivity index (χ1v) is 16.9. The number of amides is 1. The molecule has 0 fully saturated rings. The average molecular weight is 683 g/mol. The van der Waals surface area contributed by atoms with Gasteiger partial charge in [0.25, 0.3) is 15.9 Å². The maximum atomic E-state index is 14.6. The maximum absolute atomic E-state index is 14.6. The van der Waals surface area contributed by atoms with Crippen LogP contribution in [0.5, 0.6) is 5.75 Å². The van der Waals surface area contributed by atoms with E-state index in [0.29, 0.717) is 41.5 Å². The van der Waals surface area contributed by atoms with E-state index in [1.807, 2.05) is 105 Å². The number of carbonyl (C=O) groups excluding carboxylic acids is 1. The molecule has 228 valence electrons. The fraction of sp³-hybridized carbons (Fsp3) is 0.139. The Balaban J connectivity index is 1.51. The minimum atomic E-state index is -3.98. The van der Waals surface area contributed by atoms with E-state index in [0.717, 1.165) is 21.2 Å². The number of rotatable bonds is 9. The maximum Gasteiger partial charge on any atom is 0.262 e. The number of fused-ring (bicyclic) bond motifs is 1. The number of aryl methyl sites for hydroxylation is 1. The number of carbonyl (C=O) groups is 1. The highest BCUT2D eigenvalue weighted by Crippen LogP contribution is 2.43. The lowest BCUT2D eigenvalue weighted by atomic mass is 9.99. The molecule has 0 unspecified atom stereocenters. The largest absolute Gasteiger partial charge is 0.494 e. The highest BCUT2D eigenvalue weighted by atomic mass is 79.9. The van der Waals surface area contributed by atoms with E-state index in [-0.39, 0.29) is 10.8 Å². The predicted molar refractivity (Wildman–Crippen MR) is 182 cm³/mol. The molecule has 1 N–H and O–H groups in total. The van der Waals surface area contributed by atoms with Crippen molar-refractivity contribution in [2.24, 2.45) is 0 Å². The standard InChI is InChI=1S/C36H32BrN3O4S/c1-3-44-31-19-17-30(18-20-31)40-35(27-11-13-28(37)14-12-27)39(24-26-7-5-4-6-8-26)34-22-21-32(23-33(34)36(40)41)45(42,43)38-29-15-9-25(2)10-16-29/h4-23,35,38H,3,24H2,1-2H3/t35-/m1/s1. The van der Waals surface area contributed by atoms with Crippen molar-refractivity contribution in [3.8, 4) is 5.75 Å². The Bertz CT molecular complexity index is 1920. The first kappa shape index (κ1) is 30.4.